The van der Waals surface area contributed by atoms with E-state index in [1.54, 1.807) is 19.9 Å². The molecule has 6 heteroatoms. The van der Waals surface area contributed by atoms with Crippen LogP contribution in [0.5, 0.6) is 0 Å². The van der Waals surface area contributed by atoms with Crippen LogP contribution in [0.4, 0.5) is 14.9 Å². The van der Waals surface area contributed by atoms with Crippen LogP contribution < -0.4 is 10.6 Å². The minimum absolute atomic E-state index is 0.373. The number of carboxylic acid groups (broad SMARTS) is 1. The van der Waals surface area contributed by atoms with Gasteiger partial charge in [-0.15, -0.1) is 0 Å². The molecule has 1 aromatic carbocycles. The first-order chi connectivity index (χ1) is 9.40. The molecule has 1 aromatic rings. The van der Waals surface area contributed by atoms with Crippen molar-refractivity contribution >= 4 is 17.7 Å². The van der Waals surface area contributed by atoms with Crippen LogP contribution in [0.3, 0.4) is 0 Å². The van der Waals surface area contributed by atoms with E-state index in [1.807, 2.05) is 0 Å². The molecule has 0 fully saturated rings. The Hall–Kier alpha value is -2.11. The maximum absolute atomic E-state index is 13.0. The number of aliphatic carboxylic acids is 1. The number of aryl methyl sites for hydroxylation is 1. The van der Waals surface area contributed by atoms with Crippen molar-refractivity contribution < 1.29 is 19.1 Å². The third-order valence-electron chi connectivity index (χ3n) is 2.97. The molecular formula is C14H19FN2O3. The highest BCUT2D eigenvalue weighted by atomic mass is 19.1. The van der Waals surface area contributed by atoms with Gasteiger partial charge in [-0.2, -0.15) is 0 Å². The molecule has 1 rings (SSSR count). The second-order valence-corrected chi connectivity index (χ2v) is 4.72. The van der Waals surface area contributed by atoms with E-state index in [0.29, 0.717) is 25.1 Å². The summed E-state index contributed by atoms with van der Waals surface area (Å²) in [5, 5.41) is 13.9. The Morgan fingerprint density at radius 3 is 2.75 bits per heavy atom. The molecular weight excluding hydrogens is 263 g/mol. The van der Waals surface area contributed by atoms with Crippen molar-refractivity contribution in [3.8, 4) is 0 Å². The van der Waals surface area contributed by atoms with E-state index < -0.39 is 23.7 Å². The Kier molecular flexibility index (Phi) is 5.96. The molecule has 0 saturated carbocycles. The number of urea groups is 1. The summed E-state index contributed by atoms with van der Waals surface area (Å²) in [5.74, 6) is -1.68. The molecule has 0 saturated heterocycles. The molecule has 0 aromatic heterocycles. The van der Waals surface area contributed by atoms with Crippen LogP contribution in [0.2, 0.25) is 0 Å². The largest absolute Gasteiger partial charge is 0.481 e. The predicted octanol–water partition coefficient (Wildman–Crippen LogP) is 2.76. The second kappa shape index (κ2) is 7.47. The number of amides is 2. The first kappa shape index (κ1) is 15.9. The zero-order valence-electron chi connectivity index (χ0n) is 11.6. The van der Waals surface area contributed by atoms with Gasteiger partial charge in [0.15, 0.2) is 0 Å². The lowest BCUT2D eigenvalue weighted by Crippen LogP contribution is -2.30. The summed E-state index contributed by atoms with van der Waals surface area (Å²) >= 11 is 0. The van der Waals surface area contributed by atoms with E-state index in [2.05, 4.69) is 10.6 Å². The quantitative estimate of drug-likeness (QED) is 0.702. The van der Waals surface area contributed by atoms with Crippen molar-refractivity contribution in [2.24, 2.45) is 5.92 Å². The lowest BCUT2D eigenvalue weighted by molar-refractivity contribution is -0.141. The minimum atomic E-state index is -0.843. The third-order valence-corrected chi connectivity index (χ3v) is 2.97. The number of hydrogen-bond acceptors (Lipinski definition) is 2. The van der Waals surface area contributed by atoms with Crippen LogP contribution in [-0.2, 0) is 4.79 Å². The third kappa shape index (κ3) is 5.26. The van der Waals surface area contributed by atoms with Crippen molar-refractivity contribution in [2.45, 2.75) is 26.7 Å². The van der Waals surface area contributed by atoms with E-state index in [-0.39, 0.29) is 0 Å². The van der Waals surface area contributed by atoms with Crippen LogP contribution in [0.25, 0.3) is 0 Å². The highest BCUT2D eigenvalue weighted by Crippen LogP contribution is 2.15. The van der Waals surface area contributed by atoms with Gasteiger partial charge in [-0.25, -0.2) is 9.18 Å². The normalized spacial score (nSPS) is 11.8. The zero-order valence-corrected chi connectivity index (χ0v) is 11.6. The average Bonchev–Trinajstić information content (AvgIpc) is 2.38. The molecule has 0 aliphatic carbocycles. The highest BCUT2D eigenvalue weighted by molar-refractivity contribution is 5.90. The fourth-order valence-corrected chi connectivity index (χ4v) is 1.63. The summed E-state index contributed by atoms with van der Waals surface area (Å²) in [6, 6.07) is 3.73. The molecule has 1 atom stereocenters. The van der Waals surface area contributed by atoms with Gasteiger partial charge in [0.1, 0.15) is 5.82 Å². The molecule has 0 spiro atoms. The van der Waals surface area contributed by atoms with Crippen molar-refractivity contribution in [3.05, 3.63) is 29.6 Å². The Bertz CT molecular complexity index is 491. The Labute approximate surface area is 117 Å². The SMILES string of the molecule is Cc1ccc(F)cc1NC(=O)NCCCC(C)C(=O)O. The molecule has 3 N–H and O–H groups in total. The maximum atomic E-state index is 13.0. The van der Waals surface area contributed by atoms with Gasteiger partial charge in [0.25, 0.3) is 0 Å². The number of carboxylic acids is 1. The topological polar surface area (TPSA) is 78.4 Å². The first-order valence-corrected chi connectivity index (χ1v) is 6.44. The average molecular weight is 282 g/mol. The molecule has 0 bridgehead atoms. The summed E-state index contributed by atoms with van der Waals surface area (Å²) in [5.41, 5.74) is 1.18. The molecule has 0 aliphatic rings. The smallest absolute Gasteiger partial charge is 0.319 e. The number of carbonyl (C=O) groups is 2. The van der Waals surface area contributed by atoms with Gasteiger partial charge in [-0.3, -0.25) is 4.79 Å². The van der Waals surface area contributed by atoms with Gasteiger partial charge in [0.2, 0.25) is 0 Å². The summed E-state index contributed by atoms with van der Waals surface area (Å²) in [6.45, 7) is 3.76. The Balaban J connectivity index is 2.34. The van der Waals surface area contributed by atoms with E-state index in [0.717, 1.165) is 5.56 Å². The van der Waals surface area contributed by atoms with Gasteiger partial charge in [0.05, 0.1) is 5.92 Å². The number of rotatable bonds is 6. The molecule has 5 nitrogen and oxygen atoms in total. The predicted molar refractivity (Wildman–Crippen MR) is 74.2 cm³/mol. The van der Waals surface area contributed by atoms with Crippen LogP contribution in [0.15, 0.2) is 18.2 Å². The van der Waals surface area contributed by atoms with Gasteiger partial charge in [-0.1, -0.05) is 13.0 Å². The minimum Gasteiger partial charge on any atom is -0.481 e. The highest BCUT2D eigenvalue weighted by Gasteiger charge is 2.10. The van der Waals surface area contributed by atoms with Gasteiger partial charge < -0.3 is 15.7 Å². The van der Waals surface area contributed by atoms with Crippen LogP contribution in [-0.4, -0.2) is 23.7 Å². The zero-order chi connectivity index (χ0) is 15.1. The molecule has 0 radical (unpaired) electrons. The van der Waals surface area contributed by atoms with E-state index >= 15 is 0 Å². The van der Waals surface area contributed by atoms with Crippen LogP contribution in [0.1, 0.15) is 25.3 Å². The first-order valence-electron chi connectivity index (χ1n) is 6.44. The fourth-order valence-electron chi connectivity index (χ4n) is 1.63. The summed E-state index contributed by atoms with van der Waals surface area (Å²) < 4.78 is 13.0. The van der Waals surface area contributed by atoms with Crippen molar-refractivity contribution in [1.29, 1.82) is 0 Å². The lowest BCUT2D eigenvalue weighted by Gasteiger charge is -2.10. The van der Waals surface area contributed by atoms with E-state index in [1.165, 1.54) is 12.1 Å². The van der Waals surface area contributed by atoms with Gasteiger partial charge in [-0.05, 0) is 37.5 Å². The maximum Gasteiger partial charge on any atom is 0.319 e. The molecule has 0 heterocycles. The molecule has 110 valence electrons. The molecule has 20 heavy (non-hydrogen) atoms. The summed E-state index contributed by atoms with van der Waals surface area (Å²) in [6.07, 6.45) is 1.07. The molecule has 1 unspecified atom stereocenters. The number of nitrogens with one attached hydrogen (secondary N) is 2. The Morgan fingerprint density at radius 2 is 2.10 bits per heavy atom. The number of hydrogen-bond donors (Lipinski definition) is 3. The fraction of sp³-hybridized carbons (Fsp3) is 0.429. The summed E-state index contributed by atoms with van der Waals surface area (Å²) in [7, 11) is 0. The molecule has 0 aliphatic heterocycles. The molecule has 2 amide bonds. The van der Waals surface area contributed by atoms with Crippen LogP contribution >= 0.6 is 0 Å². The van der Waals surface area contributed by atoms with Gasteiger partial charge in [0, 0.05) is 12.2 Å². The number of anilines is 1. The van der Waals surface area contributed by atoms with Crippen LogP contribution in [0, 0.1) is 18.7 Å². The number of benzene rings is 1. The number of carbonyl (C=O) groups excluding carboxylic acids is 1. The second-order valence-electron chi connectivity index (χ2n) is 4.72. The van der Waals surface area contributed by atoms with Gasteiger partial charge >= 0.3 is 12.0 Å². The Morgan fingerprint density at radius 1 is 1.40 bits per heavy atom. The van der Waals surface area contributed by atoms with Crippen molar-refractivity contribution in [3.63, 3.8) is 0 Å². The lowest BCUT2D eigenvalue weighted by atomic mass is 10.1. The van der Waals surface area contributed by atoms with Crippen molar-refractivity contribution in [2.75, 3.05) is 11.9 Å². The standard InChI is InChI=1S/C14H19FN2O3/c1-9-5-6-11(15)8-12(9)17-14(20)16-7-3-4-10(2)13(18)19/h5-6,8,10H,3-4,7H2,1-2H3,(H,18,19)(H2,16,17,20). The summed E-state index contributed by atoms with van der Waals surface area (Å²) in [4.78, 5) is 22.2. The van der Waals surface area contributed by atoms with E-state index in [9.17, 15) is 14.0 Å². The van der Waals surface area contributed by atoms with E-state index in [4.69, 9.17) is 5.11 Å². The monoisotopic (exact) mass is 282 g/mol. The van der Waals surface area contributed by atoms with Crippen molar-refractivity contribution in [1.82, 2.24) is 5.32 Å². The number of halogens is 1.